The number of hydrogen-bond acceptors (Lipinski definition) is 4. The van der Waals surface area contributed by atoms with Crippen molar-refractivity contribution in [2.45, 2.75) is 44.6 Å². The number of hydrogen-bond donors (Lipinski definition) is 0. The SMILES string of the molecule is COc1cc(OC)c(OC)cc1C=CC(=O)N1CCCC2CCCCC21. The maximum Gasteiger partial charge on any atom is 0.246 e. The number of nitrogens with zero attached hydrogens (tertiary/aromatic N) is 1. The average molecular weight is 359 g/mol. The third kappa shape index (κ3) is 3.81. The maximum atomic E-state index is 12.8. The van der Waals surface area contributed by atoms with E-state index >= 15 is 0 Å². The molecule has 0 radical (unpaired) electrons. The molecule has 1 amide bonds. The van der Waals surface area contributed by atoms with Gasteiger partial charge in [0.1, 0.15) is 5.75 Å². The summed E-state index contributed by atoms with van der Waals surface area (Å²) in [6.07, 6.45) is 10.8. The second kappa shape index (κ2) is 8.47. The lowest BCUT2D eigenvalue weighted by Crippen LogP contribution is -2.49. The van der Waals surface area contributed by atoms with Gasteiger partial charge in [0.05, 0.1) is 21.3 Å². The molecule has 0 bridgehead atoms. The molecule has 2 unspecified atom stereocenters. The molecule has 0 spiro atoms. The number of benzene rings is 1. The third-order valence-electron chi connectivity index (χ3n) is 5.67. The smallest absolute Gasteiger partial charge is 0.246 e. The van der Waals surface area contributed by atoms with Crippen molar-refractivity contribution in [1.29, 1.82) is 0 Å². The Morgan fingerprint density at radius 1 is 0.962 bits per heavy atom. The average Bonchev–Trinajstić information content (AvgIpc) is 2.70. The number of amides is 1. The number of piperidine rings is 1. The van der Waals surface area contributed by atoms with Crippen LogP contribution in [-0.4, -0.2) is 44.7 Å². The Labute approximate surface area is 155 Å². The van der Waals surface area contributed by atoms with Crippen LogP contribution in [0.1, 0.15) is 44.1 Å². The van der Waals surface area contributed by atoms with Crippen molar-refractivity contribution in [1.82, 2.24) is 4.90 Å². The summed E-state index contributed by atoms with van der Waals surface area (Å²) >= 11 is 0. The predicted octanol–water partition coefficient (Wildman–Crippen LogP) is 3.91. The lowest BCUT2D eigenvalue weighted by Gasteiger charge is -2.43. The largest absolute Gasteiger partial charge is 0.496 e. The van der Waals surface area contributed by atoms with Gasteiger partial charge < -0.3 is 19.1 Å². The molecular formula is C21H29NO4. The molecule has 1 aliphatic carbocycles. The van der Waals surface area contributed by atoms with Crippen LogP contribution >= 0.6 is 0 Å². The molecule has 3 rings (SSSR count). The summed E-state index contributed by atoms with van der Waals surface area (Å²) in [6.45, 7) is 0.868. The van der Waals surface area contributed by atoms with Gasteiger partial charge in [-0.2, -0.15) is 0 Å². The predicted molar refractivity (Wildman–Crippen MR) is 102 cm³/mol. The molecule has 2 aliphatic rings. The highest BCUT2D eigenvalue weighted by Crippen LogP contribution is 2.37. The monoisotopic (exact) mass is 359 g/mol. The second-order valence-corrected chi connectivity index (χ2v) is 7.07. The molecule has 1 aliphatic heterocycles. The first-order valence-corrected chi connectivity index (χ1v) is 9.46. The van der Waals surface area contributed by atoms with Crippen LogP contribution in [0.3, 0.4) is 0 Å². The van der Waals surface area contributed by atoms with Crippen molar-refractivity contribution in [2.75, 3.05) is 27.9 Å². The first-order valence-electron chi connectivity index (χ1n) is 9.46. The van der Waals surface area contributed by atoms with E-state index in [1.807, 2.05) is 12.1 Å². The fourth-order valence-corrected chi connectivity index (χ4v) is 4.34. The lowest BCUT2D eigenvalue weighted by molar-refractivity contribution is -0.132. The number of fused-ring (bicyclic) bond motifs is 1. The number of carbonyl (C=O) groups excluding carboxylic acids is 1. The molecule has 1 saturated carbocycles. The van der Waals surface area contributed by atoms with E-state index in [4.69, 9.17) is 14.2 Å². The summed E-state index contributed by atoms with van der Waals surface area (Å²) in [7, 11) is 4.80. The molecule has 0 aromatic heterocycles. The zero-order valence-electron chi connectivity index (χ0n) is 16.0. The van der Waals surface area contributed by atoms with E-state index in [2.05, 4.69) is 4.90 Å². The van der Waals surface area contributed by atoms with E-state index in [0.29, 0.717) is 29.2 Å². The van der Waals surface area contributed by atoms with Crippen LogP contribution in [0.4, 0.5) is 0 Å². The molecule has 1 heterocycles. The highest BCUT2D eigenvalue weighted by atomic mass is 16.5. The Kier molecular flexibility index (Phi) is 6.07. The van der Waals surface area contributed by atoms with E-state index in [1.165, 1.54) is 25.7 Å². The highest BCUT2D eigenvalue weighted by molar-refractivity contribution is 5.92. The molecule has 26 heavy (non-hydrogen) atoms. The van der Waals surface area contributed by atoms with Gasteiger partial charge in [-0.05, 0) is 43.7 Å². The van der Waals surface area contributed by atoms with Crippen molar-refractivity contribution < 1.29 is 19.0 Å². The van der Waals surface area contributed by atoms with Crippen LogP contribution in [0.15, 0.2) is 18.2 Å². The molecule has 1 aromatic rings. The topological polar surface area (TPSA) is 48.0 Å². The molecule has 0 N–H and O–H groups in total. The van der Waals surface area contributed by atoms with Gasteiger partial charge in [0.25, 0.3) is 0 Å². The van der Waals surface area contributed by atoms with Crippen molar-refractivity contribution in [3.8, 4) is 17.2 Å². The number of rotatable bonds is 5. The Balaban J connectivity index is 1.79. The number of methoxy groups -OCH3 is 3. The lowest BCUT2D eigenvalue weighted by atomic mass is 9.78. The Hall–Kier alpha value is -2.17. The Morgan fingerprint density at radius 2 is 1.62 bits per heavy atom. The van der Waals surface area contributed by atoms with Gasteiger partial charge in [0.2, 0.25) is 5.91 Å². The van der Waals surface area contributed by atoms with E-state index in [-0.39, 0.29) is 5.91 Å². The molecule has 5 heteroatoms. The first kappa shape index (κ1) is 18.6. The van der Waals surface area contributed by atoms with Gasteiger partial charge in [0.15, 0.2) is 11.5 Å². The van der Waals surface area contributed by atoms with Crippen molar-refractivity contribution in [2.24, 2.45) is 5.92 Å². The van der Waals surface area contributed by atoms with Crippen LogP contribution in [0.2, 0.25) is 0 Å². The van der Waals surface area contributed by atoms with Gasteiger partial charge >= 0.3 is 0 Å². The van der Waals surface area contributed by atoms with Gasteiger partial charge in [-0.25, -0.2) is 0 Å². The van der Waals surface area contributed by atoms with Gasteiger partial charge in [-0.3, -0.25) is 4.79 Å². The van der Waals surface area contributed by atoms with Crippen LogP contribution in [-0.2, 0) is 4.79 Å². The number of ether oxygens (including phenoxy) is 3. The van der Waals surface area contributed by atoms with E-state index in [0.717, 1.165) is 24.9 Å². The molecule has 2 fully saturated rings. The Bertz CT molecular complexity index is 668. The number of likely N-dealkylation sites (tertiary alicyclic amines) is 1. The summed E-state index contributed by atoms with van der Waals surface area (Å²) < 4.78 is 16.1. The number of carbonyl (C=O) groups is 1. The summed E-state index contributed by atoms with van der Waals surface area (Å²) in [6, 6.07) is 4.03. The zero-order valence-corrected chi connectivity index (χ0v) is 16.0. The molecule has 1 saturated heterocycles. The van der Waals surface area contributed by atoms with Crippen molar-refractivity contribution >= 4 is 12.0 Å². The molecule has 1 aromatic carbocycles. The summed E-state index contributed by atoms with van der Waals surface area (Å²) in [5.74, 6) is 2.66. The minimum absolute atomic E-state index is 0.0958. The van der Waals surface area contributed by atoms with Crippen LogP contribution in [0.5, 0.6) is 17.2 Å². The van der Waals surface area contributed by atoms with E-state index in [9.17, 15) is 4.79 Å². The zero-order chi connectivity index (χ0) is 18.5. The van der Waals surface area contributed by atoms with Crippen LogP contribution in [0.25, 0.3) is 6.08 Å². The third-order valence-corrected chi connectivity index (χ3v) is 5.67. The quantitative estimate of drug-likeness (QED) is 0.748. The highest BCUT2D eigenvalue weighted by Gasteiger charge is 2.34. The minimum atomic E-state index is 0.0958. The minimum Gasteiger partial charge on any atom is -0.496 e. The molecular weight excluding hydrogens is 330 g/mol. The molecule has 142 valence electrons. The van der Waals surface area contributed by atoms with E-state index in [1.54, 1.807) is 33.5 Å². The summed E-state index contributed by atoms with van der Waals surface area (Å²) in [5.41, 5.74) is 0.802. The molecule has 5 nitrogen and oxygen atoms in total. The van der Waals surface area contributed by atoms with Crippen molar-refractivity contribution in [3.05, 3.63) is 23.8 Å². The fraction of sp³-hybridized carbons (Fsp3) is 0.571. The van der Waals surface area contributed by atoms with Gasteiger partial charge in [-0.15, -0.1) is 0 Å². The molecule has 2 atom stereocenters. The summed E-state index contributed by atoms with van der Waals surface area (Å²) in [4.78, 5) is 14.9. The van der Waals surface area contributed by atoms with Gasteiger partial charge in [-0.1, -0.05) is 12.8 Å². The van der Waals surface area contributed by atoms with Gasteiger partial charge in [0, 0.05) is 30.3 Å². The maximum absolute atomic E-state index is 12.8. The standard InChI is InChI=1S/C21H29NO4/c1-24-18-14-20(26-3)19(25-2)13-16(18)10-11-21(23)22-12-6-8-15-7-4-5-9-17(15)22/h10-11,13-15,17H,4-9,12H2,1-3H3. The normalized spacial score (nSPS) is 22.8. The van der Waals surface area contributed by atoms with E-state index < -0.39 is 0 Å². The second-order valence-electron chi connectivity index (χ2n) is 7.07. The fourth-order valence-electron chi connectivity index (χ4n) is 4.34. The van der Waals surface area contributed by atoms with Crippen LogP contribution < -0.4 is 14.2 Å². The van der Waals surface area contributed by atoms with Crippen LogP contribution in [0, 0.1) is 5.92 Å². The first-order chi connectivity index (χ1) is 12.7. The van der Waals surface area contributed by atoms with Crippen molar-refractivity contribution in [3.63, 3.8) is 0 Å². The summed E-state index contributed by atoms with van der Waals surface area (Å²) in [5, 5.41) is 0. The Morgan fingerprint density at radius 3 is 2.35 bits per heavy atom.